The third-order valence-corrected chi connectivity index (χ3v) is 6.81. The Morgan fingerprint density at radius 3 is 2.17 bits per heavy atom. The molecule has 1 amide bonds. The number of carbonyl (C=O) groups excluding carboxylic acids is 2. The minimum Gasteiger partial charge on any atom is -0.426 e. The molecule has 0 heterocycles. The number of unbranched alkanes of at least 4 members (excludes halogenated alkanes) is 1. The smallest absolute Gasteiger partial charge is 0.308 e. The quantitative estimate of drug-likeness (QED) is 0.308. The molecule has 0 spiro atoms. The summed E-state index contributed by atoms with van der Waals surface area (Å²) in [6.45, 7) is 12.3. The van der Waals surface area contributed by atoms with Gasteiger partial charge < -0.3 is 15.2 Å². The van der Waals surface area contributed by atoms with Crippen molar-refractivity contribution in [3.8, 4) is 5.75 Å². The second-order valence-electron chi connectivity index (χ2n) is 9.96. The number of ether oxygens (including phenoxy) is 1. The number of rotatable bonds is 5. The Kier molecular flexibility index (Phi) is 11.0. The fourth-order valence-electron chi connectivity index (χ4n) is 4.35. The summed E-state index contributed by atoms with van der Waals surface area (Å²) in [5.74, 6) is 1.05. The van der Waals surface area contributed by atoms with Crippen molar-refractivity contribution >= 4 is 11.9 Å². The summed E-state index contributed by atoms with van der Waals surface area (Å²) < 4.78 is 5.04. The number of hydrogen-bond donors (Lipinski definition) is 2. The molecular formula is C30H43NO4. The summed E-state index contributed by atoms with van der Waals surface area (Å²) >= 11 is 0. The Hall–Kier alpha value is -2.66. The molecule has 4 rings (SSSR count). The predicted octanol–water partition coefficient (Wildman–Crippen LogP) is 6.08. The number of carbonyl (C=O) groups is 2. The minimum atomic E-state index is -0.582. The van der Waals surface area contributed by atoms with Gasteiger partial charge in [0.25, 0.3) is 0 Å². The minimum absolute atomic E-state index is 0.271. The van der Waals surface area contributed by atoms with E-state index < -0.39 is 5.60 Å². The van der Waals surface area contributed by atoms with Gasteiger partial charge in [0, 0.05) is 19.4 Å². The van der Waals surface area contributed by atoms with Gasteiger partial charge in [0.15, 0.2) is 0 Å². The van der Waals surface area contributed by atoms with E-state index >= 15 is 0 Å². The van der Waals surface area contributed by atoms with Crippen molar-refractivity contribution in [2.45, 2.75) is 92.1 Å². The summed E-state index contributed by atoms with van der Waals surface area (Å²) in [4.78, 5) is 21.9. The molecule has 0 radical (unpaired) electrons. The lowest BCUT2D eigenvalue weighted by molar-refractivity contribution is -0.132. The van der Waals surface area contributed by atoms with E-state index in [0.717, 1.165) is 61.8 Å². The molecule has 5 heteroatoms. The maximum atomic E-state index is 11.2. The van der Waals surface area contributed by atoms with Crippen molar-refractivity contribution in [3.05, 3.63) is 64.2 Å². The normalized spacial score (nSPS) is 18.1. The second kappa shape index (κ2) is 13.4. The van der Waals surface area contributed by atoms with E-state index in [0.29, 0.717) is 11.7 Å². The summed E-state index contributed by atoms with van der Waals surface area (Å²) in [6.07, 6.45) is 7.62. The van der Waals surface area contributed by atoms with Crippen molar-refractivity contribution in [1.29, 1.82) is 0 Å². The van der Waals surface area contributed by atoms with Crippen LogP contribution in [0.1, 0.15) is 87.1 Å². The molecule has 2 N–H and O–H groups in total. The van der Waals surface area contributed by atoms with Crippen LogP contribution >= 0.6 is 0 Å². The molecular weight excluding hydrogens is 438 g/mol. The van der Waals surface area contributed by atoms with Crippen LogP contribution in [0.3, 0.4) is 0 Å². The number of amides is 1. The van der Waals surface area contributed by atoms with Gasteiger partial charge in [-0.2, -0.15) is 0 Å². The molecule has 2 aromatic carbocycles. The number of fused-ring (bicyclic) bond motifs is 1. The SMILES string of the molecule is CC(=O)Oc1c(C)cccc1C.CCCCNC(=O)C1CCC1.Cc1cccc2c1CC[C@]2(C)O. The number of aryl methyl sites for hydroxylation is 3. The maximum Gasteiger partial charge on any atom is 0.308 e. The molecule has 2 aliphatic carbocycles. The van der Waals surface area contributed by atoms with Gasteiger partial charge >= 0.3 is 5.97 Å². The lowest BCUT2D eigenvalue weighted by Crippen LogP contribution is -2.34. The van der Waals surface area contributed by atoms with Crippen LogP contribution in [0.25, 0.3) is 0 Å². The van der Waals surface area contributed by atoms with Gasteiger partial charge in [0.1, 0.15) is 5.75 Å². The number of benzene rings is 2. The second-order valence-corrected chi connectivity index (χ2v) is 9.96. The fraction of sp³-hybridized carbons (Fsp3) is 0.533. The zero-order chi connectivity index (χ0) is 26.0. The summed E-state index contributed by atoms with van der Waals surface area (Å²) in [6, 6.07) is 12.0. The van der Waals surface area contributed by atoms with Crippen molar-refractivity contribution in [2.24, 2.45) is 5.92 Å². The largest absolute Gasteiger partial charge is 0.426 e. The van der Waals surface area contributed by atoms with Crippen molar-refractivity contribution in [1.82, 2.24) is 5.32 Å². The molecule has 192 valence electrons. The summed E-state index contributed by atoms with van der Waals surface area (Å²) in [7, 11) is 0. The highest BCUT2D eigenvalue weighted by molar-refractivity contribution is 5.79. The van der Waals surface area contributed by atoms with Crippen molar-refractivity contribution in [2.75, 3.05) is 6.54 Å². The van der Waals surface area contributed by atoms with E-state index in [-0.39, 0.29) is 11.9 Å². The zero-order valence-electron chi connectivity index (χ0n) is 22.4. The van der Waals surface area contributed by atoms with Crippen molar-refractivity contribution in [3.63, 3.8) is 0 Å². The maximum absolute atomic E-state index is 11.2. The first-order chi connectivity index (χ1) is 16.6. The van der Waals surface area contributed by atoms with Gasteiger partial charge in [-0.3, -0.25) is 9.59 Å². The Morgan fingerprint density at radius 2 is 1.66 bits per heavy atom. The average Bonchev–Trinajstić information content (AvgIpc) is 3.07. The summed E-state index contributed by atoms with van der Waals surface area (Å²) in [5.41, 5.74) is 5.19. The summed E-state index contributed by atoms with van der Waals surface area (Å²) in [5, 5.41) is 12.9. The van der Waals surface area contributed by atoms with Crippen LogP contribution in [0.15, 0.2) is 36.4 Å². The molecule has 1 fully saturated rings. The lowest BCUT2D eigenvalue weighted by Gasteiger charge is -2.23. The number of nitrogens with one attached hydrogen (secondary N) is 1. The first-order valence-corrected chi connectivity index (χ1v) is 12.9. The molecule has 0 saturated heterocycles. The number of aliphatic hydroxyl groups is 1. The third kappa shape index (κ3) is 8.50. The highest BCUT2D eigenvalue weighted by Crippen LogP contribution is 2.37. The van der Waals surface area contributed by atoms with Gasteiger partial charge in [0.2, 0.25) is 5.91 Å². The van der Waals surface area contributed by atoms with E-state index in [1.807, 2.05) is 51.1 Å². The van der Waals surface area contributed by atoms with Crippen LogP contribution in [0, 0.1) is 26.7 Å². The predicted molar refractivity (Wildman–Crippen MR) is 142 cm³/mol. The molecule has 1 atom stereocenters. The molecule has 35 heavy (non-hydrogen) atoms. The Bertz CT molecular complexity index is 972. The van der Waals surface area contributed by atoms with Gasteiger partial charge in [-0.1, -0.05) is 56.2 Å². The van der Waals surface area contributed by atoms with Gasteiger partial charge in [-0.25, -0.2) is 0 Å². The molecule has 0 unspecified atom stereocenters. The topological polar surface area (TPSA) is 75.6 Å². The Balaban J connectivity index is 0.000000185. The third-order valence-electron chi connectivity index (χ3n) is 6.81. The first-order valence-electron chi connectivity index (χ1n) is 12.9. The van der Waals surface area contributed by atoms with Gasteiger partial charge in [-0.05, 0) is 87.6 Å². The highest BCUT2D eigenvalue weighted by Gasteiger charge is 2.32. The standard InChI is InChI=1S/C11H14O.C10H12O2.C9H17NO/c1-8-4-3-5-10-9(8)6-7-11(10,2)12;1-7-5-4-6-8(2)10(7)12-9(3)11;1-2-3-7-10-9(11)8-5-4-6-8/h3-5,12H,6-7H2,1-2H3;4-6H,1-3H3;8H,2-7H2,1H3,(H,10,11)/t11-;;/m0../s1. The van der Waals surface area contributed by atoms with E-state index in [1.54, 1.807) is 0 Å². The highest BCUT2D eigenvalue weighted by atomic mass is 16.5. The van der Waals surface area contributed by atoms with Crippen LogP contribution in [0.4, 0.5) is 0 Å². The van der Waals surface area contributed by atoms with Crippen LogP contribution in [-0.2, 0) is 21.6 Å². The molecule has 0 aliphatic heterocycles. The molecule has 0 bridgehead atoms. The van der Waals surface area contributed by atoms with E-state index in [1.165, 1.54) is 24.5 Å². The number of esters is 1. The lowest BCUT2D eigenvalue weighted by atomic mass is 9.85. The Morgan fingerprint density at radius 1 is 1.06 bits per heavy atom. The van der Waals surface area contributed by atoms with Gasteiger partial charge in [-0.15, -0.1) is 0 Å². The molecule has 2 aliphatic rings. The number of hydrogen-bond acceptors (Lipinski definition) is 4. The Labute approximate surface area is 211 Å². The van der Waals surface area contributed by atoms with E-state index in [2.05, 4.69) is 25.2 Å². The monoisotopic (exact) mass is 481 g/mol. The number of para-hydroxylation sites is 1. The molecule has 5 nitrogen and oxygen atoms in total. The van der Waals surface area contributed by atoms with Crippen LogP contribution < -0.4 is 10.1 Å². The van der Waals surface area contributed by atoms with Crippen molar-refractivity contribution < 1.29 is 19.4 Å². The van der Waals surface area contributed by atoms with Crippen LogP contribution in [-0.4, -0.2) is 23.5 Å². The van der Waals surface area contributed by atoms with Gasteiger partial charge in [0.05, 0.1) is 5.60 Å². The van der Waals surface area contributed by atoms with E-state index in [4.69, 9.17) is 4.74 Å². The molecule has 1 saturated carbocycles. The zero-order valence-corrected chi connectivity index (χ0v) is 22.4. The van der Waals surface area contributed by atoms with E-state index in [9.17, 15) is 14.7 Å². The van der Waals surface area contributed by atoms with Crippen LogP contribution in [0.2, 0.25) is 0 Å². The first kappa shape index (κ1) is 28.6. The molecule has 2 aromatic rings. The fourth-order valence-corrected chi connectivity index (χ4v) is 4.35. The van der Waals surface area contributed by atoms with Crippen LogP contribution in [0.5, 0.6) is 5.75 Å². The molecule has 0 aromatic heterocycles. The average molecular weight is 482 g/mol.